The average Bonchev–Trinajstić information content (AvgIpc) is 2.42. The summed E-state index contributed by atoms with van der Waals surface area (Å²) in [7, 11) is 0. The Morgan fingerprint density at radius 3 is 2.53 bits per heavy atom. The SMILES string of the molecule is C[C@H](NC(=O)c1cccc(F)c1N)c1ccccc1. The zero-order chi connectivity index (χ0) is 13.8. The van der Waals surface area contributed by atoms with Gasteiger partial charge in [-0.2, -0.15) is 0 Å². The van der Waals surface area contributed by atoms with Crippen LogP contribution in [0.5, 0.6) is 0 Å². The maximum Gasteiger partial charge on any atom is 0.253 e. The summed E-state index contributed by atoms with van der Waals surface area (Å²) in [4.78, 5) is 12.0. The molecule has 2 aromatic carbocycles. The summed E-state index contributed by atoms with van der Waals surface area (Å²) in [5, 5.41) is 2.79. The number of carbonyl (C=O) groups is 1. The first kappa shape index (κ1) is 13.1. The van der Waals surface area contributed by atoms with Crippen molar-refractivity contribution in [3.8, 4) is 0 Å². The molecule has 3 nitrogen and oxygen atoms in total. The lowest BCUT2D eigenvalue weighted by Crippen LogP contribution is -2.27. The molecule has 0 aromatic heterocycles. The van der Waals surface area contributed by atoms with Crippen molar-refractivity contribution in [1.82, 2.24) is 5.32 Å². The average molecular weight is 258 g/mol. The number of para-hydroxylation sites is 1. The highest BCUT2D eigenvalue weighted by Gasteiger charge is 2.15. The van der Waals surface area contributed by atoms with Crippen LogP contribution in [0.3, 0.4) is 0 Å². The highest BCUT2D eigenvalue weighted by atomic mass is 19.1. The molecule has 0 bridgehead atoms. The predicted molar refractivity (Wildman–Crippen MR) is 73.1 cm³/mol. The van der Waals surface area contributed by atoms with E-state index in [9.17, 15) is 9.18 Å². The molecular formula is C15H15FN2O. The fraction of sp³-hybridized carbons (Fsp3) is 0.133. The minimum absolute atomic E-state index is 0.125. The van der Waals surface area contributed by atoms with Crippen LogP contribution < -0.4 is 11.1 Å². The minimum atomic E-state index is -0.583. The predicted octanol–water partition coefficient (Wildman–Crippen LogP) is 2.90. The van der Waals surface area contributed by atoms with Gasteiger partial charge in [-0.25, -0.2) is 4.39 Å². The molecule has 3 N–H and O–H groups in total. The number of halogens is 1. The summed E-state index contributed by atoms with van der Waals surface area (Å²) in [5.41, 5.74) is 6.57. The molecule has 0 heterocycles. The van der Waals surface area contributed by atoms with Crippen LogP contribution in [0, 0.1) is 5.82 Å². The maximum absolute atomic E-state index is 13.3. The van der Waals surface area contributed by atoms with Gasteiger partial charge in [0.15, 0.2) is 0 Å². The van der Waals surface area contributed by atoms with Gasteiger partial charge in [0.05, 0.1) is 17.3 Å². The molecule has 19 heavy (non-hydrogen) atoms. The van der Waals surface area contributed by atoms with Crippen LogP contribution in [-0.4, -0.2) is 5.91 Å². The lowest BCUT2D eigenvalue weighted by atomic mass is 10.1. The van der Waals surface area contributed by atoms with Crippen molar-refractivity contribution >= 4 is 11.6 Å². The van der Waals surface area contributed by atoms with Crippen LogP contribution in [0.25, 0.3) is 0 Å². The Bertz CT molecular complexity index is 584. The smallest absolute Gasteiger partial charge is 0.253 e. The molecule has 4 heteroatoms. The Kier molecular flexibility index (Phi) is 3.80. The van der Waals surface area contributed by atoms with Gasteiger partial charge in [0.25, 0.3) is 5.91 Å². The molecule has 0 aliphatic carbocycles. The number of nitrogens with one attached hydrogen (secondary N) is 1. The van der Waals surface area contributed by atoms with Crippen molar-refractivity contribution in [1.29, 1.82) is 0 Å². The molecule has 0 spiro atoms. The molecule has 0 radical (unpaired) electrons. The van der Waals surface area contributed by atoms with E-state index in [0.717, 1.165) is 5.56 Å². The van der Waals surface area contributed by atoms with E-state index >= 15 is 0 Å². The van der Waals surface area contributed by atoms with Crippen molar-refractivity contribution in [2.24, 2.45) is 0 Å². The Balaban J connectivity index is 2.16. The summed E-state index contributed by atoms with van der Waals surface area (Å²) in [6.07, 6.45) is 0. The highest BCUT2D eigenvalue weighted by Crippen LogP contribution is 2.18. The topological polar surface area (TPSA) is 55.1 Å². The molecule has 0 fully saturated rings. The molecule has 2 aromatic rings. The van der Waals surface area contributed by atoms with E-state index in [1.807, 2.05) is 37.3 Å². The van der Waals surface area contributed by atoms with E-state index in [4.69, 9.17) is 5.73 Å². The van der Waals surface area contributed by atoms with Gasteiger partial charge in [0.1, 0.15) is 5.82 Å². The van der Waals surface area contributed by atoms with E-state index < -0.39 is 5.82 Å². The fourth-order valence-electron chi connectivity index (χ4n) is 1.83. The second-order valence-corrected chi connectivity index (χ2v) is 4.31. The molecule has 0 saturated heterocycles. The van der Waals surface area contributed by atoms with E-state index in [-0.39, 0.29) is 23.2 Å². The standard InChI is InChI=1S/C15H15FN2O/c1-10(11-6-3-2-4-7-11)18-15(19)12-8-5-9-13(16)14(12)17/h2-10H,17H2,1H3,(H,18,19)/t10-/m0/s1. The second kappa shape index (κ2) is 5.52. The number of amides is 1. The van der Waals surface area contributed by atoms with Gasteiger partial charge in [-0.15, -0.1) is 0 Å². The van der Waals surface area contributed by atoms with E-state index in [1.54, 1.807) is 0 Å². The van der Waals surface area contributed by atoms with E-state index in [1.165, 1.54) is 18.2 Å². The Morgan fingerprint density at radius 1 is 1.16 bits per heavy atom. The summed E-state index contributed by atoms with van der Waals surface area (Å²) in [6.45, 7) is 1.86. The zero-order valence-corrected chi connectivity index (χ0v) is 10.6. The molecular weight excluding hydrogens is 243 g/mol. The van der Waals surface area contributed by atoms with Crippen molar-refractivity contribution < 1.29 is 9.18 Å². The molecule has 0 aliphatic rings. The first-order chi connectivity index (χ1) is 9.09. The summed E-state index contributed by atoms with van der Waals surface area (Å²) < 4.78 is 13.3. The highest BCUT2D eigenvalue weighted by molar-refractivity contribution is 5.99. The Morgan fingerprint density at radius 2 is 1.84 bits per heavy atom. The second-order valence-electron chi connectivity index (χ2n) is 4.31. The Labute approximate surface area is 111 Å². The quantitative estimate of drug-likeness (QED) is 0.832. The van der Waals surface area contributed by atoms with Gasteiger partial charge in [-0.1, -0.05) is 36.4 Å². The van der Waals surface area contributed by atoms with Crippen molar-refractivity contribution in [3.63, 3.8) is 0 Å². The molecule has 98 valence electrons. The summed E-state index contributed by atoms with van der Waals surface area (Å²) in [5.74, 6) is -0.964. The molecule has 0 aliphatic heterocycles. The van der Waals surface area contributed by atoms with Gasteiger partial charge >= 0.3 is 0 Å². The number of anilines is 1. The van der Waals surface area contributed by atoms with Crippen molar-refractivity contribution in [2.45, 2.75) is 13.0 Å². The third-order valence-electron chi connectivity index (χ3n) is 2.94. The lowest BCUT2D eigenvalue weighted by Gasteiger charge is -2.15. The summed E-state index contributed by atoms with van der Waals surface area (Å²) >= 11 is 0. The van der Waals surface area contributed by atoms with E-state index in [0.29, 0.717) is 0 Å². The van der Waals surface area contributed by atoms with Crippen LogP contribution in [-0.2, 0) is 0 Å². The van der Waals surface area contributed by atoms with Crippen LogP contribution in [0.4, 0.5) is 10.1 Å². The zero-order valence-electron chi connectivity index (χ0n) is 10.6. The Hall–Kier alpha value is -2.36. The molecule has 1 atom stereocenters. The number of rotatable bonds is 3. The van der Waals surface area contributed by atoms with Crippen LogP contribution >= 0.6 is 0 Å². The maximum atomic E-state index is 13.3. The number of hydrogen-bond donors (Lipinski definition) is 2. The number of carbonyl (C=O) groups excluding carboxylic acids is 1. The van der Waals surface area contributed by atoms with Crippen LogP contribution in [0.15, 0.2) is 48.5 Å². The monoisotopic (exact) mass is 258 g/mol. The van der Waals surface area contributed by atoms with Crippen LogP contribution in [0.1, 0.15) is 28.9 Å². The summed E-state index contributed by atoms with van der Waals surface area (Å²) in [6, 6.07) is 13.6. The minimum Gasteiger partial charge on any atom is -0.396 e. The first-order valence-electron chi connectivity index (χ1n) is 5.99. The first-order valence-corrected chi connectivity index (χ1v) is 5.99. The van der Waals surface area contributed by atoms with Crippen molar-refractivity contribution in [3.05, 3.63) is 65.5 Å². The molecule has 1 amide bonds. The third-order valence-corrected chi connectivity index (χ3v) is 2.94. The number of benzene rings is 2. The van der Waals surface area contributed by atoms with Gasteiger partial charge in [0, 0.05) is 0 Å². The molecule has 0 saturated carbocycles. The van der Waals surface area contributed by atoms with E-state index in [2.05, 4.69) is 5.32 Å². The molecule has 0 unspecified atom stereocenters. The number of nitrogen functional groups attached to an aromatic ring is 1. The van der Waals surface area contributed by atoms with Gasteiger partial charge in [-0.3, -0.25) is 4.79 Å². The van der Waals surface area contributed by atoms with Crippen molar-refractivity contribution in [2.75, 3.05) is 5.73 Å². The molecule has 2 rings (SSSR count). The van der Waals surface area contributed by atoms with Gasteiger partial charge < -0.3 is 11.1 Å². The van der Waals surface area contributed by atoms with Crippen LogP contribution in [0.2, 0.25) is 0 Å². The normalized spacial score (nSPS) is 11.9. The fourth-order valence-corrected chi connectivity index (χ4v) is 1.83. The largest absolute Gasteiger partial charge is 0.396 e. The lowest BCUT2D eigenvalue weighted by molar-refractivity contribution is 0.0940. The van der Waals surface area contributed by atoms with Gasteiger partial charge in [-0.05, 0) is 24.6 Å². The van der Waals surface area contributed by atoms with Gasteiger partial charge in [0.2, 0.25) is 0 Å². The number of nitrogens with two attached hydrogens (primary N) is 1. The number of hydrogen-bond acceptors (Lipinski definition) is 2. The third kappa shape index (κ3) is 2.91.